The molecule has 0 spiro atoms. The van der Waals surface area contributed by atoms with Gasteiger partial charge in [-0.1, -0.05) is 151 Å². The van der Waals surface area contributed by atoms with Gasteiger partial charge in [-0.15, -0.1) is 0 Å². The fourth-order valence-corrected chi connectivity index (χ4v) is 6.66. The highest BCUT2D eigenvalue weighted by molar-refractivity contribution is 6.24. The van der Waals surface area contributed by atoms with Crippen molar-refractivity contribution in [1.29, 1.82) is 0 Å². The van der Waals surface area contributed by atoms with E-state index in [0.717, 1.165) is 0 Å². The number of hydrogen-bond acceptors (Lipinski definition) is 0. The molecule has 192 valence electrons. The molecule has 0 aromatic heterocycles. The molecule has 0 saturated carbocycles. The summed E-state index contributed by atoms with van der Waals surface area (Å²) >= 11 is 0. The molecule has 0 aliphatic rings. The van der Waals surface area contributed by atoms with Gasteiger partial charge in [0.1, 0.15) is 0 Å². The van der Waals surface area contributed by atoms with Crippen LogP contribution in [0.1, 0.15) is 5.56 Å². The predicted molar refractivity (Wildman–Crippen MR) is 178 cm³/mol. The third-order valence-corrected chi connectivity index (χ3v) is 8.49. The molecule has 8 aromatic rings. The lowest BCUT2D eigenvalue weighted by Crippen LogP contribution is -1.92. The molecule has 0 aliphatic carbocycles. The van der Waals surface area contributed by atoms with Gasteiger partial charge in [-0.3, -0.25) is 0 Å². The monoisotopic (exact) mass is 520 g/mol. The predicted octanol–water partition coefficient (Wildman–Crippen LogP) is 11.6. The Morgan fingerprint density at radius 3 is 1.51 bits per heavy atom. The summed E-state index contributed by atoms with van der Waals surface area (Å²) in [7, 11) is 0. The van der Waals surface area contributed by atoms with Crippen molar-refractivity contribution in [3.05, 3.63) is 157 Å². The van der Waals surface area contributed by atoms with Crippen LogP contribution in [0.4, 0.5) is 0 Å². The topological polar surface area (TPSA) is 0 Å². The number of aryl methyl sites for hydroxylation is 1. The molecule has 0 saturated heterocycles. The van der Waals surface area contributed by atoms with Gasteiger partial charge in [-0.25, -0.2) is 0 Å². The molecule has 0 N–H and O–H groups in total. The summed E-state index contributed by atoms with van der Waals surface area (Å²) in [5, 5.41) is 10.2. The van der Waals surface area contributed by atoms with Gasteiger partial charge < -0.3 is 0 Å². The lowest BCUT2D eigenvalue weighted by molar-refractivity contribution is 1.47. The molecule has 0 radical (unpaired) electrons. The van der Waals surface area contributed by atoms with E-state index in [9.17, 15) is 0 Å². The van der Waals surface area contributed by atoms with Crippen molar-refractivity contribution in [3.63, 3.8) is 0 Å². The van der Waals surface area contributed by atoms with Gasteiger partial charge in [-0.2, -0.15) is 0 Å². The highest BCUT2D eigenvalue weighted by Gasteiger charge is 2.19. The Morgan fingerprint density at radius 2 is 0.854 bits per heavy atom. The Kier molecular flexibility index (Phi) is 5.47. The van der Waals surface area contributed by atoms with Crippen LogP contribution >= 0.6 is 0 Å². The normalized spacial score (nSPS) is 11.5. The quantitative estimate of drug-likeness (QED) is 0.203. The van der Waals surface area contributed by atoms with Crippen LogP contribution < -0.4 is 0 Å². The number of benzene rings is 8. The van der Waals surface area contributed by atoms with Crippen LogP contribution in [0.5, 0.6) is 0 Å². The Hall–Kier alpha value is -5.20. The fourth-order valence-electron chi connectivity index (χ4n) is 6.66. The van der Waals surface area contributed by atoms with Gasteiger partial charge in [0.05, 0.1) is 0 Å². The minimum Gasteiger partial charge on any atom is -0.0616 e. The molecule has 0 heterocycles. The van der Waals surface area contributed by atoms with E-state index < -0.39 is 0 Å². The highest BCUT2D eigenvalue weighted by Crippen LogP contribution is 2.46. The largest absolute Gasteiger partial charge is 0.0616 e. The molecule has 8 rings (SSSR count). The molecule has 0 fully saturated rings. The molecular weight excluding hydrogens is 492 g/mol. The van der Waals surface area contributed by atoms with E-state index in [1.807, 2.05) is 0 Å². The summed E-state index contributed by atoms with van der Waals surface area (Å²) in [4.78, 5) is 0. The van der Waals surface area contributed by atoms with Gasteiger partial charge in [0.2, 0.25) is 0 Å². The second kappa shape index (κ2) is 9.47. The molecule has 0 aliphatic heterocycles. The molecule has 0 unspecified atom stereocenters. The second-order valence-electron chi connectivity index (χ2n) is 11.0. The molecule has 41 heavy (non-hydrogen) atoms. The summed E-state index contributed by atoms with van der Waals surface area (Å²) in [6.07, 6.45) is 0. The van der Waals surface area contributed by atoms with E-state index in [0.29, 0.717) is 0 Å². The van der Waals surface area contributed by atoms with Crippen LogP contribution in [0, 0.1) is 6.92 Å². The van der Waals surface area contributed by atoms with Gasteiger partial charge in [-0.05, 0) is 89.5 Å². The van der Waals surface area contributed by atoms with Crippen LogP contribution in [0.25, 0.3) is 76.5 Å². The molecule has 0 nitrogen and oxygen atoms in total. The Labute approximate surface area is 240 Å². The van der Waals surface area contributed by atoms with Crippen molar-refractivity contribution in [1.82, 2.24) is 0 Å². The fraction of sp³-hybridized carbons (Fsp3) is 0.0244. The zero-order valence-electron chi connectivity index (χ0n) is 22.9. The second-order valence-corrected chi connectivity index (χ2v) is 11.0. The standard InChI is InChI=1S/C41H28/c1-27-11-10-14-30(25-27)32-23-24-39(34-16-5-4-15-33(32)34)41-37-19-8-6-17-35(37)40(36-18-7-9-20-38(36)41)31-22-21-28-12-2-3-13-29(28)26-31/h2-26H,1H3. The van der Waals surface area contributed by atoms with Crippen LogP contribution in [0.15, 0.2) is 152 Å². The van der Waals surface area contributed by atoms with Crippen molar-refractivity contribution in [2.45, 2.75) is 6.92 Å². The molecule has 8 aromatic carbocycles. The first-order chi connectivity index (χ1) is 20.3. The Morgan fingerprint density at radius 1 is 0.317 bits per heavy atom. The number of rotatable bonds is 3. The zero-order valence-corrected chi connectivity index (χ0v) is 22.9. The van der Waals surface area contributed by atoms with E-state index in [1.54, 1.807) is 0 Å². The average Bonchev–Trinajstić information content (AvgIpc) is 3.03. The van der Waals surface area contributed by atoms with Crippen LogP contribution in [-0.2, 0) is 0 Å². The maximum atomic E-state index is 2.34. The van der Waals surface area contributed by atoms with Crippen molar-refractivity contribution in [2.75, 3.05) is 0 Å². The van der Waals surface area contributed by atoms with E-state index in [1.165, 1.54) is 82.0 Å². The lowest BCUT2D eigenvalue weighted by atomic mass is 9.83. The maximum Gasteiger partial charge on any atom is -0.00201 e. The third-order valence-electron chi connectivity index (χ3n) is 8.49. The zero-order chi connectivity index (χ0) is 27.3. The highest BCUT2D eigenvalue weighted by atomic mass is 14.2. The number of hydrogen-bond donors (Lipinski definition) is 0. The Bertz CT molecular complexity index is 2210. The first kappa shape index (κ1) is 23.7. The maximum absolute atomic E-state index is 2.34. The van der Waals surface area contributed by atoms with E-state index in [-0.39, 0.29) is 0 Å². The van der Waals surface area contributed by atoms with Crippen molar-refractivity contribution >= 4 is 43.1 Å². The number of fused-ring (bicyclic) bond motifs is 4. The van der Waals surface area contributed by atoms with Crippen LogP contribution in [0.2, 0.25) is 0 Å². The van der Waals surface area contributed by atoms with Crippen LogP contribution in [-0.4, -0.2) is 0 Å². The molecule has 0 bridgehead atoms. The van der Waals surface area contributed by atoms with Crippen molar-refractivity contribution in [3.8, 4) is 33.4 Å². The minimum absolute atomic E-state index is 1.25. The first-order valence-electron chi connectivity index (χ1n) is 14.3. The summed E-state index contributed by atoms with van der Waals surface area (Å²) < 4.78 is 0. The van der Waals surface area contributed by atoms with Gasteiger partial charge in [0.15, 0.2) is 0 Å². The minimum atomic E-state index is 1.25. The first-order valence-corrected chi connectivity index (χ1v) is 14.3. The SMILES string of the molecule is Cc1cccc(-c2ccc(-c3c4ccccc4c(-c4ccc5ccccc5c4)c4ccccc34)c3ccccc23)c1. The molecule has 0 amide bonds. The van der Waals surface area contributed by atoms with E-state index in [4.69, 9.17) is 0 Å². The average molecular weight is 521 g/mol. The summed E-state index contributed by atoms with van der Waals surface area (Å²) in [5.74, 6) is 0. The van der Waals surface area contributed by atoms with Crippen molar-refractivity contribution in [2.24, 2.45) is 0 Å². The van der Waals surface area contributed by atoms with Crippen LogP contribution in [0.3, 0.4) is 0 Å². The van der Waals surface area contributed by atoms with Gasteiger partial charge in [0.25, 0.3) is 0 Å². The summed E-state index contributed by atoms with van der Waals surface area (Å²) in [6.45, 7) is 2.16. The van der Waals surface area contributed by atoms with Crippen molar-refractivity contribution < 1.29 is 0 Å². The van der Waals surface area contributed by atoms with Gasteiger partial charge >= 0.3 is 0 Å². The third kappa shape index (κ3) is 3.84. The summed E-state index contributed by atoms with van der Waals surface area (Å²) in [5.41, 5.74) is 8.93. The van der Waals surface area contributed by atoms with E-state index >= 15 is 0 Å². The Balaban J connectivity index is 1.47. The smallest absolute Gasteiger partial charge is 0.00201 e. The summed E-state index contributed by atoms with van der Waals surface area (Å²) in [6, 6.07) is 55.7. The molecular formula is C41H28. The lowest BCUT2D eigenvalue weighted by Gasteiger charge is -2.20. The van der Waals surface area contributed by atoms with E-state index in [2.05, 4.69) is 159 Å². The molecule has 0 atom stereocenters. The van der Waals surface area contributed by atoms with Gasteiger partial charge in [0, 0.05) is 0 Å². The molecule has 0 heteroatoms.